The molecule has 4 nitrogen and oxygen atoms in total. The van der Waals surface area contributed by atoms with Crippen LogP contribution in [0.3, 0.4) is 0 Å². The van der Waals surface area contributed by atoms with Crippen LogP contribution in [0, 0.1) is 0 Å². The molecule has 166 valence electrons. The van der Waals surface area contributed by atoms with Gasteiger partial charge in [0.15, 0.2) is 0 Å². The summed E-state index contributed by atoms with van der Waals surface area (Å²) in [6.45, 7) is 6.05. The Labute approximate surface area is 191 Å². The Morgan fingerprint density at radius 1 is 0.750 bits per heavy atom. The van der Waals surface area contributed by atoms with Gasteiger partial charge >= 0.3 is 0 Å². The van der Waals surface area contributed by atoms with Crippen molar-refractivity contribution in [3.63, 3.8) is 0 Å². The highest BCUT2D eigenvalue weighted by Crippen LogP contribution is 2.29. The van der Waals surface area contributed by atoms with Gasteiger partial charge in [0.2, 0.25) is 11.8 Å². The second kappa shape index (κ2) is 11.3. The van der Waals surface area contributed by atoms with Crippen LogP contribution in [-0.2, 0) is 16.1 Å². The molecular formula is C28H32N2O2. The van der Waals surface area contributed by atoms with E-state index >= 15 is 0 Å². The number of amides is 2. The molecule has 0 aliphatic rings. The SMILES string of the molecule is CC(C)NC(=O)[C@H](C)N(Cc1ccccc1)C(=O)CC(c1ccccc1)c1ccccc1. The predicted molar refractivity (Wildman–Crippen MR) is 129 cm³/mol. The lowest BCUT2D eigenvalue weighted by molar-refractivity contribution is -0.141. The van der Waals surface area contributed by atoms with Crippen molar-refractivity contribution in [2.24, 2.45) is 0 Å². The van der Waals surface area contributed by atoms with Crippen LogP contribution in [0.15, 0.2) is 91.0 Å². The number of hydrogen-bond acceptors (Lipinski definition) is 2. The van der Waals surface area contributed by atoms with E-state index < -0.39 is 6.04 Å². The van der Waals surface area contributed by atoms with Gasteiger partial charge in [0.05, 0.1) is 0 Å². The molecule has 0 unspecified atom stereocenters. The third-order valence-corrected chi connectivity index (χ3v) is 5.58. The lowest BCUT2D eigenvalue weighted by Crippen LogP contribution is -2.49. The van der Waals surface area contributed by atoms with E-state index in [0.29, 0.717) is 13.0 Å². The maximum Gasteiger partial charge on any atom is 0.242 e. The van der Waals surface area contributed by atoms with Crippen LogP contribution >= 0.6 is 0 Å². The van der Waals surface area contributed by atoms with Crippen molar-refractivity contribution in [3.8, 4) is 0 Å². The largest absolute Gasteiger partial charge is 0.352 e. The van der Waals surface area contributed by atoms with Crippen LogP contribution in [0.4, 0.5) is 0 Å². The number of carbonyl (C=O) groups excluding carboxylic acids is 2. The average Bonchev–Trinajstić information content (AvgIpc) is 2.81. The zero-order chi connectivity index (χ0) is 22.9. The van der Waals surface area contributed by atoms with Gasteiger partial charge in [0, 0.05) is 24.9 Å². The van der Waals surface area contributed by atoms with E-state index in [2.05, 4.69) is 29.6 Å². The molecule has 0 aliphatic carbocycles. The second-order valence-corrected chi connectivity index (χ2v) is 8.42. The molecule has 3 aromatic carbocycles. The molecule has 3 aromatic rings. The summed E-state index contributed by atoms with van der Waals surface area (Å²) in [6, 6.07) is 29.4. The van der Waals surface area contributed by atoms with Crippen LogP contribution in [0.5, 0.6) is 0 Å². The highest BCUT2D eigenvalue weighted by molar-refractivity contribution is 5.88. The van der Waals surface area contributed by atoms with Crippen molar-refractivity contribution < 1.29 is 9.59 Å². The molecule has 0 saturated carbocycles. The maximum absolute atomic E-state index is 13.7. The predicted octanol–water partition coefficient (Wildman–Crippen LogP) is 5.15. The van der Waals surface area contributed by atoms with Gasteiger partial charge in [-0.3, -0.25) is 9.59 Å². The van der Waals surface area contributed by atoms with E-state index in [1.54, 1.807) is 11.8 Å². The summed E-state index contributed by atoms with van der Waals surface area (Å²) in [6.07, 6.45) is 0.292. The summed E-state index contributed by atoms with van der Waals surface area (Å²) < 4.78 is 0. The van der Waals surface area contributed by atoms with Gasteiger partial charge in [-0.1, -0.05) is 91.0 Å². The highest BCUT2D eigenvalue weighted by Gasteiger charge is 2.29. The standard InChI is InChI=1S/C28H32N2O2/c1-21(2)29-28(32)22(3)30(20-23-13-7-4-8-14-23)27(31)19-26(24-15-9-5-10-16-24)25-17-11-6-12-18-25/h4-18,21-22,26H,19-20H2,1-3H3,(H,29,32)/t22-/m0/s1. The smallest absolute Gasteiger partial charge is 0.242 e. The maximum atomic E-state index is 13.7. The number of nitrogens with one attached hydrogen (secondary N) is 1. The first kappa shape index (κ1) is 23.3. The summed E-state index contributed by atoms with van der Waals surface area (Å²) in [7, 11) is 0. The number of rotatable bonds is 9. The van der Waals surface area contributed by atoms with Gasteiger partial charge in [-0.25, -0.2) is 0 Å². The van der Waals surface area contributed by atoms with Crippen molar-refractivity contribution in [2.45, 2.75) is 51.7 Å². The van der Waals surface area contributed by atoms with E-state index in [1.165, 1.54) is 0 Å². The van der Waals surface area contributed by atoms with Gasteiger partial charge < -0.3 is 10.2 Å². The molecule has 0 fully saturated rings. The Morgan fingerprint density at radius 2 is 1.22 bits per heavy atom. The monoisotopic (exact) mass is 428 g/mol. The molecular weight excluding hydrogens is 396 g/mol. The molecule has 0 heterocycles. The first-order chi connectivity index (χ1) is 15.5. The Hall–Kier alpha value is -3.40. The van der Waals surface area contributed by atoms with Crippen molar-refractivity contribution in [3.05, 3.63) is 108 Å². The highest BCUT2D eigenvalue weighted by atomic mass is 16.2. The molecule has 1 N–H and O–H groups in total. The lowest BCUT2D eigenvalue weighted by Gasteiger charge is -2.31. The first-order valence-corrected chi connectivity index (χ1v) is 11.2. The summed E-state index contributed by atoms with van der Waals surface area (Å²) >= 11 is 0. The van der Waals surface area contributed by atoms with Crippen LogP contribution in [0.25, 0.3) is 0 Å². The molecule has 0 saturated heterocycles. The third kappa shape index (κ3) is 6.30. The average molecular weight is 429 g/mol. The summed E-state index contributed by atoms with van der Waals surface area (Å²) in [5.41, 5.74) is 3.18. The van der Waals surface area contributed by atoms with Crippen LogP contribution in [0.2, 0.25) is 0 Å². The fourth-order valence-corrected chi connectivity index (χ4v) is 3.86. The minimum absolute atomic E-state index is 0.0139. The molecule has 0 radical (unpaired) electrons. The minimum Gasteiger partial charge on any atom is -0.352 e. The van der Waals surface area contributed by atoms with Crippen molar-refractivity contribution in [1.29, 1.82) is 0 Å². The van der Waals surface area contributed by atoms with Gasteiger partial charge in [-0.05, 0) is 37.5 Å². The Morgan fingerprint density at radius 3 is 1.69 bits per heavy atom. The topological polar surface area (TPSA) is 49.4 Å². The van der Waals surface area contributed by atoms with E-state index in [4.69, 9.17) is 0 Å². The fourth-order valence-electron chi connectivity index (χ4n) is 3.86. The van der Waals surface area contributed by atoms with E-state index in [9.17, 15) is 9.59 Å². The summed E-state index contributed by atoms with van der Waals surface area (Å²) in [5, 5.41) is 2.95. The van der Waals surface area contributed by atoms with Crippen molar-refractivity contribution in [2.75, 3.05) is 0 Å². The third-order valence-electron chi connectivity index (χ3n) is 5.58. The molecule has 3 rings (SSSR count). The van der Waals surface area contributed by atoms with Crippen molar-refractivity contribution in [1.82, 2.24) is 10.2 Å². The van der Waals surface area contributed by atoms with Crippen LogP contribution < -0.4 is 5.32 Å². The summed E-state index contributed by atoms with van der Waals surface area (Å²) in [5.74, 6) is -0.262. The number of hydrogen-bond donors (Lipinski definition) is 1. The minimum atomic E-state index is -0.572. The molecule has 0 bridgehead atoms. The number of nitrogens with zero attached hydrogens (tertiary/aromatic N) is 1. The normalized spacial score (nSPS) is 11.9. The van der Waals surface area contributed by atoms with Gasteiger partial charge in [-0.15, -0.1) is 0 Å². The number of benzene rings is 3. The molecule has 32 heavy (non-hydrogen) atoms. The van der Waals surface area contributed by atoms with Crippen LogP contribution in [-0.4, -0.2) is 28.8 Å². The molecule has 0 spiro atoms. The molecule has 1 atom stereocenters. The van der Waals surface area contributed by atoms with Crippen molar-refractivity contribution >= 4 is 11.8 Å². The first-order valence-electron chi connectivity index (χ1n) is 11.2. The fraction of sp³-hybridized carbons (Fsp3) is 0.286. The zero-order valence-corrected chi connectivity index (χ0v) is 19.1. The van der Waals surface area contributed by atoms with Gasteiger partial charge in [0.1, 0.15) is 6.04 Å². The lowest BCUT2D eigenvalue weighted by atomic mass is 9.88. The Balaban J connectivity index is 1.90. The molecule has 2 amide bonds. The Kier molecular flexibility index (Phi) is 8.20. The molecule has 0 aromatic heterocycles. The second-order valence-electron chi connectivity index (χ2n) is 8.42. The molecule has 0 aliphatic heterocycles. The van der Waals surface area contributed by atoms with Gasteiger partial charge in [0.25, 0.3) is 0 Å². The summed E-state index contributed by atoms with van der Waals surface area (Å²) in [4.78, 5) is 28.2. The Bertz CT molecular complexity index is 948. The quantitative estimate of drug-likeness (QED) is 0.512. The van der Waals surface area contributed by atoms with E-state index in [-0.39, 0.29) is 23.8 Å². The van der Waals surface area contributed by atoms with E-state index in [1.807, 2.05) is 80.6 Å². The van der Waals surface area contributed by atoms with Crippen LogP contribution in [0.1, 0.15) is 49.8 Å². The van der Waals surface area contributed by atoms with E-state index in [0.717, 1.165) is 16.7 Å². The zero-order valence-electron chi connectivity index (χ0n) is 19.1. The van der Waals surface area contributed by atoms with Gasteiger partial charge in [-0.2, -0.15) is 0 Å². The molecule has 4 heteroatoms. The number of carbonyl (C=O) groups is 2.